The fourth-order valence-electron chi connectivity index (χ4n) is 1.54. The number of ether oxygens (including phenoxy) is 1. The summed E-state index contributed by atoms with van der Waals surface area (Å²) >= 11 is 0. The van der Waals surface area contributed by atoms with Crippen molar-refractivity contribution in [1.82, 2.24) is 0 Å². The maximum atomic E-state index is 11.8. The van der Waals surface area contributed by atoms with E-state index in [-0.39, 0.29) is 5.91 Å². The van der Waals surface area contributed by atoms with E-state index in [0.717, 1.165) is 24.3 Å². The van der Waals surface area contributed by atoms with Gasteiger partial charge in [-0.15, -0.1) is 0 Å². The first kappa shape index (κ1) is 12.6. The van der Waals surface area contributed by atoms with Crippen LogP contribution in [0.5, 0.6) is 5.75 Å². The predicted molar refractivity (Wildman–Crippen MR) is 65.9 cm³/mol. The van der Waals surface area contributed by atoms with Crippen molar-refractivity contribution in [2.75, 3.05) is 19.1 Å². The first-order valence-corrected chi connectivity index (χ1v) is 5.60. The molecule has 0 fully saturated rings. The van der Waals surface area contributed by atoms with Gasteiger partial charge in [0.2, 0.25) is 5.91 Å². The van der Waals surface area contributed by atoms with E-state index in [4.69, 9.17) is 4.74 Å². The molecule has 16 heavy (non-hydrogen) atoms. The summed E-state index contributed by atoms with van der Waals surface area (Å²) in [6, 6.07) is 7.55. The van der Waals surface area contributed by atoms with Crippen LogP contribution in [0.1, 0.15) is 26.2 Å². The van der Waals surface area contributed by atoms with Crippen LogP contribution in [0, 0.1) is 0 Å². The lowest BCUT2D eigenvalue weighted by Crippen LogP contribution is -2.26. The Kier molecular flexibility index (Phi) is 4.83. The third kappa shape index (κ3) is 2.99. The van der Waals surface area contributed by atoms with Gasteiger partial charge in [0.25, 0.3) is 0 Å². The van der Waals surface area contributed by atoms with Crippen LogP contribution in [0.15, 0.2) is 24.3 Å². The molecule has 3 nitrogen and oxygen atoms in total. The second-order valence-electron chi connectivity index (χ2n) is 3.73. The Morgan fingerprint density at radius 3 is 2.69 bits per heavy atom. The summed E-state index contributed by atoms with van der Waals surface area (Å²) in [6.45, 7) is 2.08. The Morgan fingerprint density at radius 1 is 1.38 bits per heavy atom. The standard InChI is InChI=1S/C13H19NO2/c1-4-5-10-13(15)14(2)11-8-6-7-9-12(11)16-3/h6-9H,4-5,10H2,1-3H3. The fourth-order valence-corrected chi connectivity index (χ4v) is 1.54. The molecule has 88 valence electrons. The highest BCUT2D eigenvalue weighted by atomic mass is 16.5. The highest BCUT2D eigenvalue weighted by Gasteiger charge is 2.13. The first-order valence-electron chi connectivity index (χ1n) is 5.60. The minimum absolute atomic E-state index is 0.131. The van der Waals surface area contributed by atoms with Gasteiger partial charge >= 0.3 is 0 Å². The molecule has 0 aromatic heterocycles. The van der Waals surface area contributed by atoms with Crippen molar-refractivity contribution in [1.29, 1.82) is 0 Å². The van der Waals surface area contributed by atoms with Gasteiger partial charge in [-0.3, -0.25) is 4.79 Å². The maximum absolute atomic E-state index is 11.8. The minimum atomic E-state index is 0.131. The molecule has 0 saturated carbocycles. The summed E-state index contributed by atoms with van der Waals surface area (Å²) in [4.78, 5) is 13.5. The van der Waals surface area contributed by atoms with E-state index in [0.29, 0.717) is 6.42 Å². The molecule has 1 rings (SSSR count). The average Bonchev–Trinajstić information content (AvgIpc) is 2.34. The van der Waals surface area contributed by atoms with Crippen molar-refractivity contribution < 1.29 is 9.53 Å². The molecule has 0 atom stereocenters. The zero-order chi connectivity index (χ0) is 12.0. The molecule has 0 spiro atoms. The molecular weight excluding hydrogens is 202 g/mol. The summed E-state index contributed by atoms with van der Waals surface area (Å²) in [5, 5.41) is 0. The van der Waals surface area contributed by atoms with Crippen LogP contribution in [-0.4, -0.2) is 20.1 Å². The van der Waals surface area contributed by atoms with E-state index in [2.05, 4.69) is 6.92 Å². The van der Waals surface area contributed by atoms with Crippen LogP contribution in [0.3, 0.4) is 0 Å². The number of anilines is 1. The van der Waals surface area contributed by atoms with E-state index < -0.39 is 0 Å². The molecule has 0 unspecified atom stereocenters. The average molecular weight is 221 g/mol. The van der Waals surface area contributed by atoms with Crippen molar-refractivity contribution in [3.8, 4) is 5.75 Å². The smallest absolute Gasteiger partial charge is 0.226 e. The van der Waals surface area contributed by atoms with Crippen molar-refractivity contribution in [3.63, 3.8) is 0 Å². The largest absolute Gasteiger partial charge is 0.495 e. The third-order valence-corrected chi connectivity index (χ3v) is 2.56. The molecule has 0 radical (unpaired) electrons. The van der Waals surface area contributed by atoms with Gasteiger partial charge < -0.3 is 9.64 Å². The predicted octanol–water partition coefficient (Wildman–Crippen LogP) is 2.85. The normalized spacial score (nSPS) is 9.94. The number of carbonyl (C=O) groups is 1. The summed E-state index contributed by atoms with van der Waals surface area (Å²) in [5.41, 5.74) is 0.825. The quantitative estimate of drug-likeness (QED) is 0.765. The lowest BCUT2D eigenvalue weighted by Gasteiger charge is -2.19. The molecular formula is C13H19NO2. The molecule has 1 aromatic carbocycles. The van der Waals surface area contributed by atoms with Crippen LogP contribution in [0.25, 0.3) is 0 Å². The van der Waals surface area contributed by atoms with Crippen LogP contribution in [0.4, 0.5) is 5.69 Å². The van der Waals surface area contributed by atoms with E-state index in [1.54, 1.807) is 19.1 Å². The Bertz CT molecular complexity index is 350. The van der Waals surface area contributed by atoms with E-state index >= 15 is 0 Å². The zero-order valence-electron chi connectivity index (χ0n) is 10.2. The monoisotopic (exact) mass is 221 g/mol. The number of carbonyl (C=O) groups excluding carboxylic acids is 1. The van der Waals surface area contributed by atoms with E-state index in [1.807, 2.05) is 24.3 Å². The van der Waals surface area contributed by atoms with Crippen LogP contribution >= 0.6 is 0 Å². The van der Waals surface area contributed by atoms with Crippen LogP contribution in [-0.2, 0) is 4.79 Å². The summed E-state index contributed by atoms with van der Waals surface area (Å²) in [5.74, 6) is 0.862. The van der Waals surface area contributed by atoms with Gasteiger partial charge in [0, 0.05) is 13.5 Å². The van der Waals surface area contributed by atoms with Crippen molar-refractivity contribution in [2.24, 2.45) is 0 Å². The zero-order valence-corrected chi connectivity index (χ0v) is 10.2. The lowest BCUT2D eigenvalue weighted by molar-refractivity contribution is -0.118. The topological polar surface area (TPSA) is 29.5 Å². The molecule has 0 heterocycles. The Labute approximate surface area is 97.0 Å². The number of rotatable bonds is 5. The number of hydrogen-bond acceptors (Lipinski definition) is 2. The first-order chi connectivity index (χ1) is 7.70. The van der Waals surface area contributed by atoms with Gasteiger partial charge in [0.05, 0.1) is 12.8 Å². The van der Waals surface area contributed by atoms with E-state index in [1.165, 1.54) is 0 Å². The van der Waals surface area contributed by atoms with Gasteiger partial charge in [-0.05, 0) is 18.6 Å². The number of benzene rings is 1. The SMILES string of the molecule is CCCCC(=O)N(C)c1ccccc1OC. The summed E-state index contributed by atoms with van der Waals surface area (Å²) in [6.07, 6.45) is 2.55. The molecule has 0 N–H and O–H groups in total. The van der Waals surface area contributed by atoms with Crippen molar-refractivity contribution in [3.05, 3.63) is 24.3 Å². The fraction of sp³-hybridized carbons (Fsp3) is 0.462. The second-order valence-corrected chi connectivity index (χ2v) is 3.73. The van der Waals surface area contributed by atoms with Gasteiger partial charge in [-0.25, -0.2) is 0 Å². The number of nitrogens with zero attached hydrogens (tertiary/aromatic N) is 1. The summed E-state index contributed by atoms with van der Waals surface area (Å²) < 4.78 is 5.23. The van der Waals surface area contributed by atoms with Crippen molar-refractivity contribution in [2.45, 2.75) is 26.2 Å². The van der Waals surface area contributed by atoms with Gasteiger partial charge in [0.1, 0.15) is 5.75 Å². The molecule has 0 bridgehead atoms. The highest BCUT2D eigenvalue weighted by Crippen LogP contribution is 2.27. The molecule has 0 saturated heterocycles. The van der Waals surface area contributed by atoms with Gasteiger partial charge in [-0.2, -0.15) is 0 Å². The van der Waals surface area contributed by atoms with Gasteiger partial charge in [0.15, 0.2) is 0 Å². The third-order valence-electron chi connectivity index (χ3n) is 2.56. The number of amides is 1. The number of methoxy groups -OCH3 is 1. The lowest BCUT2D eigenvalue weighted by atomic mass is 10.2. The molecule has 1 aromatic rings. The second kappa shape index (κ2) is 6.16. The number of unbranched alkanes of at least 4 members (excludes halogenated alkanes) is 1. The Morgan fingerprint density at radius 2 is 2.06 bits per heavy atom. The maximum Gasteiger partial charge on any atom is 0.226 e. The minimum Gasteiger partial charge on any atom is -0.495 e. The molecule has 0 aliphatic rings. The van der Waals surface area contributed by atoms with Crippen LogP contribution in [0.2, 0.25) is 0 Å². The number of hydrogen-bond donors (Lipinski definition) is 0. The van der Waals surface area contributed by atoms with Gasteiger partial charge in [-0.1, -0.05) is 25.5 Å². The molecule has 1 amide bonds. The van der Waals surface area contributed by atoms with Crippen LogP contribution < -0.4 is 9.64 Å². The molecule has 3 heteroatoms. The Balaban J connectivity index is 2.78. The molecule has 0 aliphatic carbocycles. The molecule has 0 aliphatic heterocycles. The van der Waals surface area contributed by atoms with E-state index in [9.17, 15) is 4.79 Å². The van der Waals surface area contributed by atoms with Crippen molar-refractivity contribution >= 4 is 11.6 Å². The summed E-state index contributed by atoms with van der Waals surface area (Å²) in [7, 11) is 3.40. The highest BCUT2D eigenvalue weighted by molar-refractivity contribution is 5.94. The Hall–Kier alpha value is -1.51. The number of para-hydroxylation sites is 2.